The first-order valence-corrected chi connectivity index (χ1v) is 3.43. The van der Waals surface area contributed by atoms with Crippen LogP contribution in [0.2, 0.25) is 0 Å². The Labute approximate surface area is 81.4 Å². The largest absolute Gasteiger partial charge is 0.266 e. The minimum atomic E-state index is 0. The van der Waals surface area contributed by atoms with Gasteiger partial charge in [-0.3, -0.25) is 4.68 Å². The van der Waals surface area contributed by atoms with Crippen LogP contribution in [0, 0.1) is 6.07 Å². The maximum absolute atomic E-state index is 4.07. The number of hydrogen-bond donors (Lipinski definition) is 0. The molecular weight excluding hydrogens is 195 g/mol. The van der Waals surface area contributed by atoms with E-state index < -0.39 is 0 Å². The summed E-state index contributed by atoms with van der Waals surface area (Å²) in [5.41, 5.74) is 0.970. The van der Waals surface area contributed by atoms with Crippen molar-refractivity contribution in [1.82, 2.24) is 9.78 Å². The van der Waals surface area contributed by atoms with Crippen LogP contribution < -0.4 is 0 Å². The second-order valence-corrected chi connectivity index (χ2v) is 2.20. The molecule has 0 saturated carbocycles. The molecular formula is C9H7CoN2-. The molecule has 0 aliphatic carbocycles. The molecule has 2 rings (SSSR count). The number of para-hydroxylation sites is 1. The van der Waals surface area contributed by atoms with E-state index in [9.17, 15) is 0 Å². The maximum Gasteiger partial charge on any atom is 0.0493 e. The van der Waals surface area contributed by atoms with Crippen LogP contribution in [-0.2, 0) is 16.8 Å². The number of nitrogens with zero attached hydrogens (tertiary/aromatic N) is 2. The van der Waals surface area contributed by atoms with E-state index in [1.807, 2.05) is 36.5 Å². The van der Waals surface area contributed by atoms with Crippen LogP contribution in [0.25, 0.3) is 5.69 Å². The van der Waals surface area contributed by atoms with E-state index in [1.165, 1.54) is 0 Å². The SMILES string of the molecule is [Co].[c-]1ccccc1-n1cccn1. The van der Waals surface area contributed by atoms with E-state index in [0.717, 1.165) is 5.69 Å². The average molecular weight is 202 g/mol. The van der Waals surface area contributed by atoms with Crippen molar-refractivity contribution in [3.8, 4) is 5.69 Å². The summed E-state index contributed by atoms with van der Waals surface area (Å²) in [5, 5.41) is 4.07. The average Bonchev–Trinajstić information content (AvgIpc) is 2.58. The van der Waals surface area contributed by atoms with Crippen molar-refractivity contribution in [2.45, 2.75) is 0 Å². The van der Waals surface area contributed by atoms with Gasteiger partial charge in [-0.25, -0.2) is 0 Å². The summed E-state index contributed by atoms with van der Waals surface area (Å²) in [5.74, 6) is 0. The topological polar surface area (TPSA) is 17.8 Å². The summed E-state index contributed by atoms with van der Waals surface area (Å²) in [4.78, 5) is 0. The first-order valence-electron chi connectivity index (χ1n) is 3.43. The number of aromatic nitrogens is 2. The molecule has 0 unspecified atom stereocenters. The molecule has 0 atom stereocenters. The second kappa shape index (κ2) is 4.09. The Bertz CT molecular complexity index is 316. The van der Waals surface area contributed by atoms with Gasteiger partial charge in [0, 0.05) is 29.2 Å². The molecule has 0 N–H and O–H groups in total. The fraction of sp³-hybridized carbons (Fsp3) is 0. The molecule has 1 aromatic heterocycles. The van der Waals surface area contributed by atoms with Crippen molar-refractivity contribution in [2.24, 2.45) is 0 Å². The Morgan fingerprint density at radius 1 is 1.25 bits per heavy atom. The molecule has 0 aliphatic rings. The third-order valence-corrected chi connectivity index (χ3v) is 1.44. The van der Waals surface area contributed by atoms with Crippen LogP contribution in [0.15, 0.2) is 42.7 Å². The molecule has 3 heteroatoms. The molecule has 1 radical (unpaired) electrons. The maximum atomic E-state index is 4.07. The van der Waals surface area contributed by atoms with Crippen molar-refractivity contribution in [3.05, 3.63) is 48.8 Å². The second-order valence-electron chi connectivity index (χ2n) is 2.20. The first kappa shape index (κ1) is 9.03. The molecule has 0 amide bonds. The fourth-order valence-electron chi connectivity index (χ4n) is 0.938. The summed E-state index contributed by atoms with van der Waals surface area (Å²) in [6.07, 6.45) is 3.65. The van der Waals surface area contributed by atoms with Gasteiger partial charge in [0.15, 0.2) is 0 Å². The minimum absolute atomic E-state index is 0. The number of benzene rings is 1. The Kier molecular flexibility index (Phi) is 3.07. The van der Waals surface area contributed by atoms with Crippen molar-refractivity contribution >= 4 is 0 Å². The minimum Gasteiger partial charge on any atom is -0.266 e. The quantitative estimate of drug-likeness (QED) is 0.643. The summed E-state index contributed by atoms with van der Waals surface area (Å²) < 4.78 is 1.78. The number of rotatable bonds is 1. The van der Waals surface area contributed by atoms with Crippen LogP contribution in [-0.4, -0.2) is 9.78 Å². The van der Waals surface area contributed by atoms with Gasteiger partial charge in [-0.1, -0.05) is 0 Å². The molecule has 1 aromatic carbocycles. The predicted molar refractivity (Wildman–Crippen MR) is 42.4 cm³/mol. The van der Waals surface area contributed by atoms with Gasteiger partial charge in [0.1, 0.15) is 0 Å². The van der Waals surface area contributed by atoms with Crippen LogP contribution in [0.4, 0.5) is 0 Å². The van der Waals surface area contributed by atoms with Gasteiger partial charge in [-0.15, -0.1) is 6.07 Å². The normalized spacial score (nSPS) is 9.00. The van der Waals surface area contributed by atoms with Crippen LogP contribution in [0.3, 0.4) is 0 Å². The summed E-state index contributed by atoms with van der Waals surface area (Å²) in [6, 6.07) is 12.7. The smallest absolute Gasteiger partial charge is 0.0493 e. The standard InChI is InChI=1S/C9H7N2.Co/c1-2-5-9(6-3-1)11-8-4-7-10-11;/h1-5,7-8H;/q-1;. The van der Waals surface area contributed by atoms with E-state index in [-0.39, 0.29) is 16.8 Å². The van der Waals surface area contributed by atoms with Gasteiger partial charge in [0.2, 0.25) is 0 Å². The van der Waals surface area contributed by atoms with Gasteiger partial charge < -0.3 is 0 Å². The van der Waals surface area contributed by atoms with E-state index in [1.54, 1.807) is 10.9 Å². The zero-order valence-electron chi connectivity index (χ0n) is 6.27. The predicted octanol–water partition coefficient (Wildman–Crippen LogP) is 1.67. The van der Waals surface area contributed by atoms with E-state index >= 15 is 0 Å². The summed E-state index contributed by atoms with van der Waals surface area (Å²) in [6.45, 7) is 0. The van der Waals surface area contributed by atoms with E-state index in [0.29, 0.717) is 0 Å². The van der Waals surface area contributed by atoms with Gasteiger partial charge in [0.25, 0.3) is 0 Å². The van der Waals surface area contributed by atoms with Crippen molar-refractivity contribution in [2.75, 3.05) is 0 Å². The number of hydrogen-bond acceptors (Lipinski definition) is 1. The zero-order valence-corrected chi connectivity index (χ0v) is 7.31. The molecule has 0 fully saturated rings. The molecule has 0 spiro atoms. The van der Waals surface area contributed by atoms with E-state index in [2.05, 4.69) is 11.2 Å². The van der Waals surface area contributed by atoms with Crippen molar-refractivity contribution in [3.63, 3.8) is 0 Å². The third kappa shape index (κ3) is 1.75. The Balaban J connectivity index is 0.000000720. The summed E-state index contributed by atoms with van der Waals surface area (Å²) >= 11 is 0. The van der Waals surface area contributed by atoms with Gasteiger partial charge in [-0.2, -0.15) is 29.4 Å². The Morgan fingerprint density at radius 3 is 2.75 bits per heavy atom. The molecule has 0 saturated heterocycles. The molecule has 0 aliphatic heterocycles. The summed E-state index contributed by atoms with van der Waals surface area (Å²) in [7, 11) is 0. The van der Waals surface area contributed by atoms with Gasteiger partial charge in [0.05, 0.1) is 0 Å². The Morgan fingerprint density at radius 2 is 2.17 bits per heavy atom. The zero-order chi connectivity index (χ0) is 7.52. The fourth-order valence-corrected chi connectivity index (χ4v) is 0.938. The molecule has 1 heterocycles. The molecule has 0 bridgehead atoms. The molecule has 63 valence electrons. The van der Waals surface area contributed by atoms with E-state index in [4.69, 9.17) is 0 Å². The molecule has 2 nitrogen and oxygen atoms in total. The van der Waals surface area contributed by atoms with Crippen molar-refractivity contribution < 1.29 is 16.8 Å². The van der Waals surface area contributed by atoms with Gasteiger partial charge in [-0.05, 0) is 11.8 Å². The van der Waals surface area contributed by atoms with Gasteiger partial charge >= 0.3 is 0 Å². The first-order chi connectivity index (χ1) is 5.47. The third-order valence-electron chi connectivity index (χ3n) is 1.44. The van der Waals surface area contributed by atoms with Crippen molar-refractivity contribution in [1.29, 1.82) is 0 Å². The molecule has 12 heavy (non-hydrogen) atoms. The van der Waals surface area contributed by atoms with Crippen LogP contribution >= 0.6 is 0 Å². The molecule has 2 aromatic rings. The van der Waals surface area contributed by atoms with Crippen LogP contribution in [0.5, 0.6) is 0 Å². The monoisotopic (exact) mass is 202 g/mol. The Hall–Kier alpha value is -1.06. The van der Waals surface area contributed by atoms with Crippen LogP contribution in [0.1, 0.15) is 0 Å².